The van der Waals surface area contributed by atoms with E-state index < -0.39 is 29.2 Å². The van der Waals surface area contributed by atoms with Crippen LogP contribution in [0.3, 0.4) is 0 Å². The van der Waals surface area contributed by atoms with Crippen molar-refractivity contribution in [3.8, 4) is 0 Å². The molecule has 0 aliphatic heterocycles. The monoisotopic (exact) mass is 356 g/mol. The minimum atomic E-state index is -4.96. The Hall–Kier alpha value is -2.11. The molecule has 0 fully saturated rings. The fraction of sp³-hybridized carbons (Fsp3) is 0.111. The van der Waals surface area contributed by atoms with Crippen molar-refractivity contribution < 1.29 is 22.7 Å². The normalized spacial score (nSPS) is 14.6. The number of rotatable bonds is 4. The SMILES string of the molecule is OC(/C=C/c1ccccc1)/C(F)=C(/c1ccc(Cl)cc1)C(F)(F)F. The van der Waals surface area contributed by atoms with Gasteiger partial charge in [-0.05, 0) is 29.3 Å². The summed E-state index contributed by atoms with van der Waals surface area (Å²) in [6.07, 6.45) is -4.66. The van der Waals surface area contributed by atoms with Gasteiger partial charge < -0.3 is 5.11 Å². The third-order valence-electron chi connectivity index (χ3n) is 3.19. The van der Waals surface area contributed by atoms with Crippen LogP contribution in [0.4, 0.5) is 17.6 Å². The van der Waals surface area contributed by atoms with Gasteiger partial charge in [-0.2, -0.15) is 13.2 Å². The number of aliphatic hydroxyl groups excluding tert-OH is 1. The van der Waals surface area contributed by atoms with Gasteiger partial charge in [0.25, 0.3) is 0 Å². The molecular formula is C18H13ClF4O. The van der Waals surface area contributed by atoms with E-state index in [2.05, 4.69) is 0 Å². The Balaban J connectivity index is 2.38. The van der Waals surface area contributed by atoms with Gasteiger partial charge in [0, 0.05) is 5.02 Å². The first-order chi connectivity index (χ1) is 11.3. The Morgan fingerprint density at radius 2 is 1.58 bits per heavy atom. The van der Waals surface area contributed by atoms with Gasteiger partial charge in [-0.15, -0.1) is 0 Å². The van der Waals surface area contributed by atoms with E-state index in [1.54, 1.807) is 30.3 Å². The van der Waals surface area contributed by atoms with Crippen LogP contribution in [0.25, 0.3) is 11.6 Å². The zero-order chi connectivity index (χ0) is 17.7. The van der Waals surface area contributed by atoms with Crippen LogP contribution in [-0.2, 0) is 0 Å². The van der Waals surface area contributed by atoms with Gasteiger partial charge in [-0.3, -0.25) is 0 Å². The first-order valence-corrected chi connectivity index (χ1v) is 7.31. The lowest BCUT2D eigenvalue weighted by atomic mass is 10.0. The van der Waals surface area contributed by atoms with E-state index in [4.69, 9.17) is 11.6 Å². The topological polar surface area (TPSA) is 20.2 Å². The molecule has 0 heterocycles. The molecule has 2 rings (SSSR count). The highest BCUT2D eigenvalue weighted by molar-refractivity contribution is 6.30. The van der Waals surface area contributed by atoms with Crippen molar-refractivity contribution in [1.29, 1.82) is 0 Å². The molecule has 0 aliphatic rings. The van der Waals surface area contributed by atoms with E-state index in [0.29, 0.717) is 5.56 Å². The molecule has 1 nitrogen and oxygen atoms in total. The highest BCUT2D eigenvalue weighted by atomic mass is 35.5. The first kappa shape index (κ1) is 18.2. The second-order valence-electron chi connectivity index (χ2n) is 4.94. The van der Waals surface area contributed by atoms with Crippen molar-refractivity contribution in [3.05, 3.63) is 82.6 Å². The molecule has 126 valence electrons. The maximum Gasteiger partial charge on any atom is 0.419 e. The molecule has 0 radical (unpaired) electrons. The second-order valence-corrected chi connectivity index (χ2v) is 5.38. The zero-order valence-electron chi connectivity index (χ0n) is 12.3. The number of hydrogen-bond donors (Lipinski definition) is 1. The van der Waals surface area contributed by atoms with Crippen LogP contribution in [-0.4, -0.2) is 17.4 Å². The van der Waals surface area contributed by atoms with Gasteiger partial charge in [0.2, 0.25) is 0 Å². The molecule has 1 unspecified atom stereocenters. The molecule has 1 N–H and O–H groups in total. The number of alkyl halides is 3. The van der Waals surface area contributed by atoms with Crippen LogP contribution >= 0.6 is 11.6 Å². The lowest BCUT2D eigenvalue weighted by Gasteiger charge is -2.15. The molecule has 0 saturated carbocycles. The molecule has 1 atom stereocenters. The summed E-state index contributed by atoms with van der Waals surface area (Å²) >= 11 is 5.64. The van der Waals surface area contributed by atoms with Crippen LogP contribution in [0.2, 0.25) is 5.02 Å². The van der Waals surface area contributed by atoms with Gasteiger partial charge in [-0.1, -0.05) is 60.1 Å². The van der Waals surface area contributed by atoms with E-state index in [9.17, 15) is 22.7 Å². The molecule has 0 amide bonds. The molecule has 2 aromatic carbocycles. The van der Waals surface area contributed by atoms with Crippen molar-refractivity contribution in [3.63, 3.8) is 0 Å². The molecule has 0 spiro atoms. The Kier molecular flexibility index (Phi) is 5.80. The highest BCUT2D eigenvalue weighted by Gasteiger charge is 2.39. The summed E-state index contributed by atoms with van der Waals surface area (Å²) in [6.45, 7) is 0. The summed E-state index contributed by atoms with van der Waals surface area (Å²) in [5.41, 5.74) is -1.30. The summed E-state index contributed by atoms with van der Waals surface area (Å²) in [6, 6.07) is 13.1. The highest BCUT2D eigenvalue weighted by Crippen LogP contribution is 2.38. The molecule has 6 heteroatoms. The van der Waals surface area contributed by atoms with Crippen LogP contribution < -0.4 is 0 Å². The van der Waals surface area contributed by atoms with Crippen LogP contribution in [0.15, 0.2) is 66.5 Å². The van der Waals surface area contributed by atoms with E-state index in [1.165, 1.54) is 18.2 Å². The summed E-state index contributed by atoms with van der Waals surface area (Å²) < 4.78 is 53.9. The molecule has 2 aromatic rings. The molecule has 0 aromatic heterocycles. The number of benzene rings is 2. The minimum Gasteiger partial charge on any atom is -0.382 e. The first-order valence-electron chi connectivity index (χ1n) is 6.93. The van der Waals surface area contributed by atoms with Gasteiger partial charge in [0.05, 0.1) is 5.57 Å². The Morgan fingerprint density at radius 3 is 2.12 bits per heavy atom. The van der Waals surface area contributed by atoms with Crippen molar-refractivity contribution in [2.45, 2.75) is 12.3 Å². The van der Waals surface area contributed by atoms with Crippen molar-refractivity contribution in [1.82, 2.24) is 0 Å². The molecule has 0 saturated heterocycles. The maximum absolute atomic E-state index is 14.3. The summed E-state index contributed by atoms with van der Waals surface area (Å²) in [5, 5.41) is 10.0. The standard InChI is InChI=1S/C18H13ClF4O/c19-14-9-7-13(8-10-14)16(18(21,22)23)17(20)15(24)11-6-12-4-2-1-3-5-12/h1-11,15,24H/b11-6+,17-16+. The number of hydrogen-bond acceptors (Lipinski definition) is 1. The second kappa shape index (κ2) is 7.64. The Bertz CT molecular complexity index is 734. The lowest BCUT2D eigenvalue weighted by molar-refractivity contribution is -0.0708. The summed E-state index contributed by atoms with van der Waals surface area (Å²) in [4.78, 5) is 0. The van der Waals surface area contributed by atoms with Crippen LogP contribution in [0.5, 0.6) is 0 Å². The van der Waals surface area contributed by atoms with Gasteiger partial charge >= 0.3 is 6.18 Å². The predicted octanol–water partition coefficient (Wildman–Crippen LogP) is 5.66. The number of allylic oxidation sites excluding steroid dienone is 1. The van der Waals surface area contributed by atoms with E-state index in [0.717, 1.165) is 18.2 Å². The molecular weight excluding hydrogens is 344 g/mol. The Morgan fingerprint density at radius 1 is 1.00 bits per heavy atom. The summed E-state index contributed by atoms with van der Waals surface area (Å²) in [5.74, 6) is -1.67. The van der Waals surface area contributed by atoms with E-state index in [-0.39, 0.29) is 5.02 Å². The maximum atomic E-state index is 14.3. The van der Waals surface area contributed by atoms with Gasteiger partial charge in [-0.25, -0.2) is 4.39 Å². The number of aliphatic hydroxyl groups is 1. The summed E-state index contributed by atoms with van der Waals surface area (Å²) in [7, 11) is 0. The smallest absolute Gasteiger partial charge is 0.382 e. The van der Waals surface area contributed by atoms with E-state index in [1.807, 2.05) is 0 Å². The average Bonchev–Trinajstić information content (AvgIpc) is 2.54. The molecule has 0 aliphatic carbocycles. The lowest BCUT2D eigenvalue weighted by Crippen LogP contribution is -2.17. The fourth-order valence-electron chi connectivity index (χ4n) is 2.05. The predicted molar refractivity (Wildman–Crippen MR) is 87.0 cm³/mol. The van der Waals surface area contributed by atoms with Gasteiger partial charge in [0.1, 0.15) is 11.9 Å². The minimum absolute atomic E-state index is 0.227. The van der Waals surface area contributed by atoms with Gasteiger partial charge in [0.15, 0.2) is 0 Å². The van der Waals surface area contributed by atoms with Crippen LogP contribution in [0, 0.1) is 0 Å². The largest absolute Gasteiger partial charge is 0.419 e. The van der Waals surface area contributed by atoms with Crippen LogP contribution in [0.1, 0.15) is 11.1 Å². The quantitative estimate of drug-likeness (QED) is 0.701. The Labute approximate surface area is 141 Å². The zero-order valence-corrected chi connectivity index (χ0v) is 13.0. The van der Waals surface area contributed by atoms with Crippen molar-refractivity contribution >= 4 is 23.3 Å². The third-order valence-corrected chi connectivity index (χ3v) is 3.44. The van der Waals surface area contributed by atoms with Crippen molar-refractivity contribution in [2.75, 3.05) is 0 Å². The van der Waals surface area contributed by atoms with E-state index >= 15 is 0 Å². The molecule has 24 heavy (non-hydrogen) atoms. The average molecular weight is 357 g/mol. The fourth-order valence-corrected chi connectivity index (χ4v) is 2.18. The van der Waals surface area contributed by atoms with Crippen molar-refractivity contribution in [2.24, 2.45) is 0 Å². The third kappa shape index (κ3) is 4.69. The molecule has 0 bridgehead atoms. The number of halogens is 5.